The van der Waals surface area contributed by atoms with Crippen molar-refractivity contribution < 1.29 is 19.5 Å². The van der Waals surface area contributed by atoms with Crippen molar-refractivity contribution in [1.29, 1.82) is 0 Å². The van der Waals surface area contributed by atoms with Crippen molar-refractivity contribution >= 4 is 35.2 Å². The molecule has 0 radical (unpaired) electrons. The number of carboxylic acid groups (broad SMARTS) is 1. The molecule has 1 N–H and O–H groups in total. The van der Waals surface area contributed by atoms with Crippen LogP contribution in [0, 0.1) is 5.92 Å². The minimum atomic E-state index is -1.72. The molecule has 1 atom stereocenters. The number of allylic oxidation sites excluding steroid dienone is 1. The Hall–Kier alpha value is -1.94. The fraction of sp³-hybridized carbons (Fsp3) is 0.154. The first kappa shape index (κ1) is 14.1. The number of halogens is 1. The van der Waals surface area contributed by atoms with Gasteiger partial charge in [0.25, 0.3) is 0 Å². The zero-order valence-electron chi connectivity index (χ0n) is 9.38. The Bertz CT molecular complexity index is 479. The van der Waals surface area contributed by atoms with E-state index < -0.39 is 29.3 Å². The van der Waals surface area contributed by atoms with E-state index in [1.165, 1.54) is 6.08 Å². The van der Waals surface area contributed by atoms with E-state index in [4.69, 9.17) is 16.7 Å². The topological polar surface area (TPSA) is 71.4 Å². The van der Waals surface area contributed by atoms with Crippen LogP contribution in [-0.4, -0.2) is 28.5 Å². The van der Waals surface area contributed by atoms with Crippen LogP contribution in [0.25, 0.3) is 6.08 Å². The summed E-state index contributed by atoms with van der Waals surface area (Å²) in [4.78, 5) is 33.7. The lowest BCUT2D eigenvalue weighted by molar-refractivity contribution is -0.148. The molecule has 18 heavy (non-hydrogen) atoms. The lowest BCUT2D eigenvalue weighted by Crippen LogP contribution is -2.31. The number of aliphatic carboxylic acids is 1. The Balaban J connectivity index is 2.83. The quantitative estimate of drug-likeness (QED) is 0.484. The minimum absolute atomic E-state index is 0.498. The summed E-state index contributed by atoms with van der Waals surface area (Å²) in [6.45, 7) is 0. The number of hydrogen-bond acceptors (Lipinski definition) is 3. The van der Waals surface area contributed by atoms with Crippen LogP contribution in [0.1, 0.15) is 5.56 Å². The SMILES string of the molecule is O=C(O)C(C(=O)C=Cc1ccccc1)C(=O)CCl. The number of carbonyl (C=O) groups is 3. The van der Waals surface area contributed by atoms with Gasteiger partial charge in [-0.3, -0.25) is 14.4 Å². The van der Waals surface area contributed by atoms with Crippen LogP contribution >= 0.6 is 11.6 Å². The predicted octanol–water partition coefficient (Wildman–Crippen LogP) is 1.78. The number of hydrogen-bond donors (Lipinski definition) is 1. The van der Waals surface area contributed by atoms with Crippen molar-refractivity contribution in [3.8, 4) is 0 Å². The lowest BCUT2D eigenvalue weighted by Gasteiger charge is -2.04. The predicted molar refractivity (Wildman–Crippen MR) is 67.3 cm³/mol. The smallest absolute Gasteiger partial charge is 0.322 e. The molecule has 0 spiro atoms. The van der Waals surface area contributed by atoms with Gasteiger partial charge in [-0.05, 0) is 11.6 Å². The number of Topliss-reactive ketones (excluding diaryl/α,β-unsaturated/α-hetero) is 1. The molecule has 0 saturated carbocycles. The van der Waals surface area contributed by atoms with E-state index in [-0.39, 0.29) is 0 Å². The third kappa shape index (κ3) is 3.82. The first-order valence-corrected chi connectivity index (χ1v) is 5.68. The fourth-order valence-corrected chi connectivity index (χ4v) is 1.49. The Morgan fingerprint density at radius 1 is 1.22 bits per heavy atom. The van der Waals surface area contributed by atoms with Gasteiger partial charge in [-0.2, -0.15) is 0 Å². The third-order valence-electron chi connectivity index (χ3n) is 2.22. The number of rotatable bonds is 6. The largest absolute Gasteiger partial charge is 0.480 e. The highest BCUT2D eigenvalue weighted by atomic mass is 35.5. The summed E-state index contributed by atoms with van der Waals surface area (Å²) < 4.78 is 0. The van der Waals surface area contributed by atoms with Crippen LogP contribution < -0.4 is 0 Å². The Labute approximate surface area is 109 Å². The van der Waals surface area contributed by atoms with Gasteiger partial charge in [-0.25, -0.2) is 0 Å². The molecule has 0 heterocycles. The average molecular weight is 267 g/mol. The number of benzene rings is 1. The summed E-state index contributed by atoms with van der Waals surface area (Å²) in [5.41, 5.74) is 0.744. The van der Waals surface area contributed by atoms with Crippen LogP contribution in [0.2, 0.25) is 0 Å². The highest BCUT2D eigenvalue weighted by Crippen LogP contribution is 2.07. The molecule has 0 fully saturated rings. The molecule has 0 amide bonds. The maximum atomic E-state index is 11.6. The van der Waals surface area contributed by atoms with E-state index in [2.05, 4.69) is 0 Å². The summed E-state index contributed by atoms with van der Waals surface area (Å²) in [7, 11) is 0. The van der Waals surface area contributed by atoms with E-state index in [1.807, 2.05) is 6.07 Å². The van der Waals surface area contributed by atoms with E-state index in [1.54, 1.807) is 24.3 Å². The molecule has 0 bridgehead atoms. The molecule has 4 nitrogen and oxygen atoms in total. The van der Waals surface area contributed by atoms with Gasteiger partial charge >= 0.3 is 5.97 Å². The van der Waals surface area contributed by atoms with Crippen molar-refractivity contribution in [2.45, 2.75) is 0 Å². The molecule has 0 saturated heterocycles. The highest BCUT2D eigenvalue weighted by Gasteiger charge is 2.31. The van der Waals surface area contributed by atoms with Gasteiger partial charge in [-0.15, -0.1) is 11.6 Å². The summed E-state index contributed by atoms with van der Waals surface area (Å²) in [5.74, 6) is -5.29. The van der Waals surface area contributed by atoms with Gasteiger partial charge in [0.05, 0.1) is 5.88 Å². The van der Waals surface area contributed by atoms with E-state index in [9.17, 15) is 14.4 Å². The van der Waals surface area contributed by atoms with Crippen LogP contribution in [0.4, 0.5) is 0 Å². The van der Waals surface area contributed by atoms with Crippen LogP contribution in [0.15, 0.2) is 36.4 Å². The van der Waals surface area contributed by atoms with Gasteiger partial charge in [-0.1, -0.05) is 36.4 Å². The van der Waals surface area contributed by atoms with E-state index in [0.29, 0.717) is 0 Å². The zero-order valence-corrected chi connectivity index (χ0v) is 10.1. The first-order valence-electron chi connectivity index (χ1n) is 5.14. The summed E-state index contributed by atoms with van der Waals surface area (Å²) >= 11 is 5.26. The molecular formula is C13H11ClO4. The molecule has 0 aliphatic rings. The van der Waals surface area contributed by atoms with E-state index >= 15 is 0 Å². The summed E-state index contributed by atoms with van der Waals surface area (Å²) in [6, 6.07) is 8.88. The van der Waals surface area contributed by atoms with Crippen molar-refractivity contribution in [3.05, 3.63) is 42.0 Å². The molecule has 94 valence electrons. The van der Waals surface area contributed by atoms with Crippen molar-refractivity contribution in [3.63, 3.8) is 0 Å². The van der Waals surface area contributed by atoms with Gasteiger partial charge in [0, 0.05) is 0 Å². The van der Waals surface area contributed by atoms with Crippen LogP contribution in [-0.2, 0) is 14.4 Å². The molecule has 0 aliphatic carbocycles. The standard InChI is InChI=1S/C13H11ClO4/c14-8-11(16)12(13(17)18)10(15)7-6-9-4-2-1-3-5-9/h1-7,12H,8H2,(H,17,18). The molecule has 0 aromatic heterocycles. The highest BCUT2D eigenvalue weighted by molar-refractivity contribution is 6.33. The second kappa shape index (κ2) is 6.71. The molecule has 5 heteroatoms. The maximum Gasteiger partial charge on any atom is 0.322 e. The van der Waals surface area contributed by atoms with Crippen molar-refractivity contribution in [2.24, 2.45) is 5.92 Å². The molecular weight excluding hydrogens is 256 g/mol. The van der Waals surface area contributed by atoms with Crippen LogP contribution in [0.5, 0.6) is 0 Å². The average Bonchev–Trinajstić information content (AvgIpc) is 2.37. The normalized spacial score (nSPS) is 12.3. The second-order valence-corrected chi connectivity index (χ2v) is 3.78. The Morgan fingerprint density at radius 2 is 1.83 bits per heavy atom. The molecule has 0 aliphatic heterocycles. The van der Waals surface area contributed by atoms with Gasteiger partial charge < -0.3 is 5.11 Å². The second-order valence-electron chi connectivity index (χ2n) is 3.52. The Morgan fingerprint density at radius 3 is 2.33 bits per heavy atom. The van der Waals surface area contributed by atoms with Gasteiger partial charge in [0.15, 0.2) is 17.5 Å². The monoisotopic (exact) mass is 266 g/mol. The minimum Gasteiger partial charge on any atom is -0.480 e. The van der Waals surface area contributed by atoms with Gasteiger partial charge in [0.1, 0.15) is 0 Å². The summed E-state index contributed by atoms with van der Waals surface area (Å²) in [6.07, 6.45) is 2.54. The zero-order chi connectivity index (χ0) is 13.5. The number of ketones is 2. The molecule has 1 unspecified atom stereocenters. The molecule has 1 rings (SSSR count). The number of carboxylic acids is 1. The van der Waals surface area contributed by atoms with Gasteiger partial charge in [0.2, 0.25) is 0 Å². The van der Waals surface area contributed by atoms with Crippen molar-refractivity contribution in [1.82, 2.24) is 0 Å². The summed E-state index contributed by atoms with van der Waals surface area (Å²) in [5, 5.41) is 8.81. The fourth-order valence-electron chi connectivity index (χ4n) is 1.33. The van der Waals surface area contributed by atoms with Crippen LogP contribution in [0.3, 0.4) is 0 Å². The van der Waals surface area contributed by atoms with E-state index in [0.717, 1.165) is 11.6 Å². The third-order valence-corrected chi connectivity index (χ3v) is 2.49. The lowest BCUT2D eigenvalue weighted by atomic mass is 9.99. The molecule has 1 aromatic carbocycles. The number of alkyl halides is 1. The van der Waals surface area contributed by atoms with Crippen molar-refractivity contribution in [2.75, 3.05) is 5.88 Å². The maximum absolute atomic E-state index is 11.6. The Kier molecular flexibility index (Phi) is 5.27. The molecule has 1 aromatic rings. The number of carbonyl (C=O) groups excluding carboxylic acids is 2. The first-order chi connectivity index (χ1) is 8.56.